The van der Waals surface area contributed by atoms with Crippen molar-refractivity contribution in [2.45, 2.75) is 18.6 Å². The zero-order chi connectivity index (χ0) is 18.4. The summed E-state index contributed by atoms with van der Waals surface area (Å²) in [4.78, 5) is 24.8. The lowest BCUT2D eigenvalue weighted by Crippen LogP contribution is -2.37. The van der Waals surface area contributed by atoms with Crippen LogP contribution in [0, 0.1) is 0 Å². The first kappa shape index (κ1) is 19.3. The van der Waals surface area contributed by atoms with Gasteiger partial charge < -0.3 is 14.8 Å². The van der Waals surface area contributed by atoms with Crippen molar-refractivity contribution in [1.29, 1.82) is 0 Å². The highest BCUT2D eigenvalue weighted by Gasteiger charge is 2.15. The van der Waals surface area contributed by atoms with Crippen LogP contribution in [0.15, 0.2) is 29.4 Å². The third-order valence-electron chi connectivity index (χ3n) is 3.38. The van der Waals surface area contributed by atoms with E-state index >= 15 is 0 Å². The summed E-state index contributed by atoms with van der Waals surface area (Å²) in [6.07, 6.45) is 0. The molecule has 1 aromatic heterocycles. The molecule has 9 heteroatoms. The molecule has 0 atom stereocenters. The number of amides is 2. The van der Waals surface area contributed by atoms with Crippen LogP contribution in [-0.2, 0) is 16.1 Å². The first-order chi connectivity index (χ1) is 11.9. The molecule has 0 aliphatic heterocycles. The van der Waals surface area contributed by atoms with Crippen molar-refractivity contribution < 1.29 is 9.59 Å². The molecule has 2 rings (SSSR count). The Bertz CT molecular complexity index is 763. The Balaban J connectivity index is 2.01. The van der Waals surface area contributed by atoms with E-state index in [4.69, 9.17) is 11.6 Å². The van der Waals surface area contributed by atoms with Crippen LogP contribution in [0.25, 0.3) is 11.4 Å². The average Bonchev–Trinajstić information content (AvgIpc) is 3.00. The second-order valence-corrected chi connectivity index (χ2v) is 6.79. The smallest absolute Gasteiger partial charge is 0.241 e. The molecule has 0 aliphatic rings. The van der Waals surface area contributed by atoms with Crippen molar-refractivity contribution in [2.75, 3.05) is 26.4 Å². The predicted molar refractivity (Wildman–Crippen MR) is 98.6 cm³/mol. The largest absolute Gasteiger partial charge is 0.347 e. The second kappa shape index (κ2) is 8.87. The highest BCUT2D eigenvalue weighted by molar-refractivity contribution is 7.99. The lowest BCUT2D eigenvalue weighted by atomic mass is 10.2. The third kappa shape index (κ3) is 5.20. The van der Waals surface area contributed by atoms with Crippen molar-refractivity contribution in [3.8, 4) is 11.4 Å². The minimum atomic E-state index is -0.227. The maximum atomic E-state index is 11.9. The van der Waals surface area contributed by atoms with Crippen LogP contribution in [0.5, 0.6) is 0 Å². The van der Waals surface area contributed by atoms with Crippen LogP contribution >= 0.6 is 23.4 Å². The number of aromatic nitrogens is 3. The molecule has 2 amide bonds. The van der Waals surface area contributed by atoms with Crippen molar-refractivity contribution in [1.82, 2.24) is 25.0 Å². The first-order valence-electron chi connectivity index (χ1n) is 7.71. The Hall–Kier alpha value is -2.06. The molecule has 134 valence electrons. The van der Waals surface area contributed by atoms with E-state index < -0.39 is 0 Å². The SMILES string of the molecule is CCn1c(SCC(=O)NCC(=O)N(C)C)nnc1-c1cccc(Cl)c1. The molecule has 7 nitrogen and oxygen atoms in total. The Kier molecular flexibility index (Phi) is 6.83. The number of rotatable bonds is 7. The van der Waals surface area contributed by atoms with E-state index in [2.05, 4.69) is 15.5 Å². The molecule has 0 fully saturated rings. The van der Waals surface area contributed by atoms with Gasteiger partial charge in [0.25, 0.3) is 0 Å². The Morgan fingerprint density at radius 2 is 2.08 bits per heavy atom. The zero-order valence-corrected chi connectivity index (χ0v) is 15.9. The molecule has 0 unspecified atom stereocenters. The molecule has 0 saturated heterocycles. The molecule has 0 bridgehead atoms. The molecule has 1 aromatic carbocycles. The summed E-state index contributed by atoms with van der Waals surface area (Å²) in [6, 6.07) is 7.39. The van der Waals surface area contributed by atoms with Gasteiger partial charge >= 0.3 is 0 Å². The molecule has 0 aliphatic carbocycles. The van der Waals surface area contributed by atoms with Gasteiger partial charge in [0.05, 0.1) is 12.3 Å². The number of hydrogen-bond donors (Lipinski definition) is 1. The van der Waals surface area contributed by atoms with Gasteiger partial charge in [-0.3, -0.25) is 9.59 Å². The number of benzene rings is 1. The number of halogens is 1. The average molecular weight is 382 g/mol. The van der Waals surface area contributed by atoms with Gasteiger partial charge in [-0.1, -0.05) is 35.5 Å². The number of nitrogens with one attached hydrogen (secondary N) is 1. The second-order valence-electron chi connectivity index (χ2n) is 5.41. The number of nitrogens with zero attached hydrogens (tertiary/aromatic N) is 4. The Morgan fingerprint density at radius 3 is 2.72 bits per heavy atom. The highest BCUT2D eigenvalue weighted by Crippen LogP contribution is 2.25. The number of hydrogen-bond acceptors (Lipinski definition) is 5. The molecule has 1 N–H and O–H groups in total. The Labute approximate surface area is 155 Å². The van der Waals surface area contributed by atoms with Gasteiger partial charge in [-0.15, -0.1) is 10.2 Å². The summed E-state index contributed by atoms with van der Waals surface area (Å²) in [5.41, 5.74) is 0.870. The van der Waals surface area contributed by atoms with Crippen LogP contribution in [0.1, 0.15) is 6.92 Å². The fourth-order valence-corrected chi connectivity index (χ4v) is 3.06. The van der Waals surface area contributed by atoms with Gasteiger partial charge in [-0.05, 0) is 19.1 Å². The van der Waals surface area contributed by atoms with Crippen molar-refractivity contribution in [3.63, 3.8) is 0 Å². The molecule has 0 spiro atoms. The maximum Gasteiger partial charge on any atom is 0.241 e. The fraction of sp³-hybridized carbons (Fsp3) is 0.375. The van der Waals surface area contributed by atoms with E-state index in [1.807, 2.05) is 29.7 Å². The van der Waals surface area contributed by atoms with E-state index in [0.717, 1.165) is 5.56 Å². The van der Waals surface area contributed by atoms with Crippen LogP contribution in [0.3, 0.4) is 0 Å². The molecular formula is C16H20ClN5O2S. The summed E-state index contributed by atoms with van der Waals surface area (Å²) in [5.74, 6) is 0.484. The van der Waals surface area contributed by atoms with Gasteiger partial charge in [-0.25, -0.2) is 0 Å². The first-order valence-corrected chi connectivity index (χ1v) is 9.07. The monoisotopic (exact) mass is 381 g/mol. The number of carbonyl (C=O) groups excluding carboxylic acids is 2. The highest BCUT2D eigenvalue weighted by atomic mass is 35.5. The van der Waals surface area contributed by atoms with Gasteiger partial charge in [0.2, 0.25) is 11.8 Å². The lowest BCUT2D eigenvalue weighted by molar-refractivity contribution is -0.130. The van der Waals surface area contributed by atoms with Gasteiger partial charge in [-0.2, -0.15) is 0 Å². The van der Waals surface area contributed by atoms with Crippen LogP contribution < -0.4 is 5.32 Å². The number of carbonyl (C=O) groups is 2. The minimum absolute atomic E-state index is 0.0133. The summed E-state index contributed by atoms with van der Waals surface area (Å²) in [7, 11) is 3.29. The van der Waals surface area contributed by atoms with E-state index in [-0.39, 0.29) is 24.1 Å². The maximum absolute atomic E-state index is 11.9. The molecule has 0 saturated carbocycles. The molecule has 2 aromatic rings. The topological polar surface area (TPSA) is 80.1 Å². The lowest BCUT2D eigenvalue weighted by Gasteiger charge is -2.11. The van der Waals surface area contributed by atoms with E-state index in [1.54, 1.807) is 20.2 Å². The molecule has 25 heavy (non-hydrogen) atoms. The van der Waals surface area contributed by atoms with Crippen LogP contribution in [0.4, 0.5) is 0 Å². The quantitative estimate of drug-likeness (QED) is 0.741. The summed E-state index contributed by atoms with van der Waals surface area (Å²) >= 11 is 7.31. The Morgan fingerprint density at radius 1 is 1.32 bits per heavy atom. The summed E-state index contributed by atoms with van der Waals surface area (Å²) in [6.45, 7) is 2.63. The zero-order valence-electron chi connectivity index (χ0n) is 14.3. The summed E-state index contributed by atoms with van der Waals surface area (Å²) < 4.78 is 1.93. The number of thioether (sulfide) groups is 1. The van der Waals surface area contributed by atoms with Crippen LogP contribution in [0.2, 0.25) is 5.02 Å². The van der Waals surface area contributed by atoms with Gasteiger partial charge in [0, 0.05) is 31.2 Å². The fourth-order valence-electron chi connectivity index (χ4n) is 2.04. The van der Waals surface area contributed by atoms with Crippen molar-refractivity contribution in [3.05, 3.63) is 29.3 Å². The molecular weight excluding hydrogens is 362 g/mol. The van der Waals surface area contributed by atoms with Gasteiger partial charge in [0.1, 0.15) is 0 Å². The van der Waals surface area contributed by atoms with Crippen LogP contribution in [-0.4, -0.2) is 57.9 Å². The van der Waals surface area contributed by atoms with Gasteiger partial charge in [0.15, 0.2) is 11.0 Å². The molecule has 1 heterocycles. The third-order valence-corrected chi connectivity index (χ3v) is 4.59. The van der Waals surface area contributed by atoms with E-state index in [1.165, 1.54) is 16.7 Å². The standard InChI is InChI=1S/C16H20ClN5O2S/c1-4-22-15(11-6-5-7-12(17)8-11)19-20-16(22)25-10-13(23)18-9-14(24)21(2)3/h5-8H,4,9-10H2,1-3H3,(H,18,23). The predicted octanol–water partition coefficient (Wildman–Crippen LogP) is 1.91. The van der Waals surface area contributed by atoms with Crippen molar-refractivity contribution in [2.24, 2.45) is 0 Å². The summed E-state index contributed by atoms with van der Waals surface area (Å²) in [5, 5.41) is 12.2. The van der Waals surface area contributed by atoms with E-state index in [0.29, 0.717) is 22.5 Å². The minimum Gasteiger partial charge on any atom is -0.347 e. The number of likely N-dealkylation sites (N-methyl/N-ethyl adjacent to an activating group) is 1. The normalized spacial score (nSPS) is 10.6. The molecule has 0 radical (unpaired) electrons. The van der Waals surface area contributed by atoms with Crippen molar-refractivity contribution >= 4 is 35.2 Å². The van der Waals surface area contributed by atoms with E-state index in [9.17, 15) is 9.59 Å².